The monoisotopic (exact) mass is 338 g/mol. The van der Waals surface area contributed by atoms with E-state index in [4.69, 9.17) is 9.47 Å². The Kier molecular flexibility index (Phi) is 5.36. The van der Waals surface area contributed by atoms with Crippen molar-refractivity contribution >= 4 is 0 Å². The molecule has 0 spiro atoms. The van der Waals surface area contributed by atoms with E-state index in [1.165, 1.54) is 0 Å². The minimum atomic E-state index is -0.604. The van der Waals surface area contributed by atoms with Crippen LogP contribution >= 0.6 is 0 Å². The van der Waals surface area contributed by atoms with E-state index in [1.54, 1.807) is 6.33 Å². The van der Waals surface area contributed by atoms with Gasteiger partial charge < -0.3 is 19.1 Å². The van der Waals surface area contributed by atoms with Gasteiger partial charge in [-0.1, -0.05) is 18.2 Å². The van der Waals surface area contributed by atoms with Gasteiger partial charge in [0.1, 0.15) is 30.0 Å². The number of aliphatic hydroxyl groups excluding tert-OH is 1. The molecule has 130 valence electrons. The number of aromatic nitrogens is 2. The molecule has 0 aliphatic rings. The van der Waals surface area contributed by atoms with Gasteiger partial charge in [0.2, 0.25) is 0 Å². The molecule has 0 aliphatic heterocycles. The summed E-state index contributed by atoms with van der Waals surface area (Å²) in [6.45, 7) is 4.62. The summed E-state index contributed by atoms with van der Waals surface area (Å²) >= 11 is 0. The quantitative estimate of drug-likeness (QED) is 0.713. The summed E-state index contributed by atoms with van der Waals surface area (Å²) in [6.07, 6.45) is 1.14. The smallest absolute Gasteiger partial charge is 0.127 e. The van der Waals surface area contributed by atoms with Gasteiger partial charge >= 0.3 is 0 Å². The lowest BCUT2D eigenvalue weighted by atomic mass is 10.3. The Labute approximate surface area is 147 Å². The summed E-state index contributed by atoms with van der Waals surface area (Å²) in [4.78, 5) is 4.23. The largest absolute Gasteiger partial charge is 0.491 e. The Hall–Kier alpha value is -2.79. The number of nitrogens with zero attached hydrogens (tertiary/aromatic N) is 2. The van der Waals surface area contributed by atoms with Gasteiger partial charge in [-0.25, -0.2) is 4.98 Å². The third-order valence-corrected chi connectivity index (χ3v) is 4.00. The van der Waals surface area contributed by atoms with Crippen molar-refractivity contribution in [1.29, 1.82) is 0 Å². The van der Waals surface area contributed by atoms with Crippen molar-refractivity contribution < 1.29 is 14.6 Å². The predicted octanol–water partition coefficient (Wildman–Crippen LogP) is 3.73. The minimum Gasteiger partial charge on any atom is -0.491 e. The molecule has 1 heterocycles. The average molecular weight is 338 g/mol. The molecule has 0 radical (unpaired) electrons. The molecule has 5 heteroatoms. The summed E-state index contributed by atoms with van der Waals surface area (Å²) in [5.74, 6) is 2.22. The Bertz CT molecular complexity index is 798. The van der Waals surface area contributed by atoms with Crippen molar-refractivity contribution in [2.45, 2.75) is 26.5 Å². The van der Waals surface area contributed by atoms with E-state index in [1.807, 2.05) is 73.0 Å². The van der Waals surface area contributed by atoms with E-state index >= 15 is 0 Å². The molecule has 1 N–H and O–H groups in total. The number of aryl methyl sites for hydroxylation is 1. The fraction of sp³-hybridized carbons (Fsp3) is 0.250. The van der Waals surface area contributed by atoms with E-state index in [0.29, 0.717) is 12.3 Å². The molecule has 25 heavy (non-hydrogen) atoms. The highest BCUT2D eigenvalue weighted by molar-refractivity contribution is 5.35. The molecule has 0 saturated carbocycles. The lowest BCUT2D eigenvalue weighted by Gasteiger charge is -2.14. The molecule has 1 unspecified atom stereocenters. The summed E-state index contributed by atoms with van der Waals surface area (Å²) in [5.41, 5.74) is 2.03. The van der Waals surface area contributed by atoms with Crippen molar-refractivity contribution in [2.75, 3.05) is 6.61 Å². The van der Waals surface area contributed by atoms with Gasteiger partial charge in [-0.15, -0.1) is 0 Å². The molecule has 1 atom stereocenters. The Balaban J connectivity index is 1.50. The zero-order valence-corrected chi connectivity index (χ0v) is 14.4. The molecule has 3 rings (SSSR count). The van der Waals surface area contributed by atoms with Crippen LogP contribution in [0.15, 0.2) is 60.9 Å². The van der Waals surface area contributed by atoms with Gasteiger partial charge in [-0.3, -0.25) is 0 Å². The normalized spacial score (nSPS) is 12.0. The Morgan fingerprint density at radius 1 is 0.960 bits per heavy atom. The number of hydrogen-bond acceptors (Lipinski definition) is 4. The summed E-state index contributed by atoms with van der Waals surface area (Å²) < 4.78 is 13.3. The van der Waals surface area contributed by atoms with Gasteiger partial charge in [-0.05, 0) is 50.2 Å². The topological polar surface area (TPSA) is 56.5 Å². The molecule has 2 aromatic carbocycles. The van der Waals surface area contributed by atoms with Crippen LogP contribution in [-0.4, -0.2) is 27.4 Å². The first-order valence-electron chi connectivity index (χ1n) is 8.24. The number of aliphatic hydroxyl groups is 1. The second-order valence-electron chi connectivity index (χ2n) is 5.92. The van der Waals surface area contributed by atoms with Crippen molar-refractivity contribution in [3.63, 3.8) is 0 Å². The fourth-order valence-corrected chi connectivity index (χ4v) is 2.43. The standard InChI is InChI=1S/C20H22N2O3/c1-15-16(2)22(14-21-15)12-17(23)13-24-18-8-10-20(11-9-18)25-19-6-4-3-5-7-19/h3-11,14,17,23H,12-13H2,1-2H3. The highest BCUT2D eigenvalue weighted by Gasteiger charge is 2.10. The lowest BCUT2D eigenvalue weighted by Crippen LogP contribution is -2.23. The van der Waals surface area contributed by atoms with Crippen LogP contribution in [0.25, 0.3) is 0 Å². The average Bonchev–Trinajstić information content (AvgIpc) is 2.94. The van der Waals surface area contributed by atoms with Crippen molar-refractivity contribution in [1.82, 2.24) is 9.55 Å². The van der Waals surface area contributed by atoms with Crippen molar-refractivity contribution in [3.8, 4) is 17.2 Å². The van der Waals surface area contributed by atoms with Crippen LogP contribution < -0.4 is 9.47 Å². The molecule has 1 aromatic heterocycles. The van der Waals surface area contributed by atoms with E-state index in [0.717, 1.165) is 22.9 Å². The van der Waals surface area contributed by atoms with Crippen molar-refractivity contribution in [2.24, 2.45) is 0 Å². The molecule has 5 nitrogen and oxygen atoms in total. The van der Waals surface area contributed by atoms with Gasteiger partial charge in [0.05, 0.1) is 18.6 Å². The van der Waals surface area contributed by atoms with Gasteiger partial charge in [0.25, 0.3) is 0 Å². The van der Waals surface area contributed by atoms with Crippen LogP contribution in [0, 0.1) is 13.8 Å². The molecule has 0 amide bonds. The fourth-order valence-electron chi connectivity index (χ4n) is 2.43. The SMILES string of the molecule is Cc1ncn(CC(O)COc2ccc(Oc3ccccc3)cc2)c1C. The Morgan fingerprint density at radius 3 is 2.24 bits per heavy atom. The van der Waals surface area contributed by atoms with Crippen LogP contribution in [-0.2, 0) is 6.54 Å². The van der Waals surface area contributed by atoms with E-state index in [2.05, 4.69) is 4.98 Å². The number of benzene rings is 2. The maximum atomic E-state index is 10.1. The highest BCUT2D eigenvalue weighted by Crippen LogP contribution is 2.23. The summed E-state index contributed by atoms with van der Waals surface area (Å²) in [7, 11) is 0. The lowest BCUT2D eigenvalue weighted by molar-refractivity contribution is 0.0919. The van der Waals surface area contributed by atoms with Gasteiger partial charge in [0.15, 0.2) is 0 Å². The zero-order chi connectivity index (χ0) is 17.6. The second kappa shape index (κ2) is 7.85. The second-order valence-corrected chi connectivity index (χ2v) is 5.92. The highest BCUT2D eigenvalue weighted by atomic mass is 16.5. The number of imidazole rings is 1. The first-order chi connectivity index (χ1) is 12.1. The van der Waals surface area contributed by atoms with Crippen LogP contribution in [0.3, 0.4) is 0 Å². The first kappa shape index (κ1) is 17.0. The summed E-state index contributed by atoms with van der Waals surface area (Å²) in [5, 5.41) is 10.1. The van der Waals surface area contributed by atoms with E-state index in [-0.39, 0.29) is 6.61 Å². The minimum absolute atomic E-state index is 0.218. The maximum absolute atomic E-state index is 10.1. The molecule has 0 aliphatic carbocycles. The molecular formula is C20H22N2O3. The summed E-state index contributed by atoms with van der Waals surface area (Å²) in [6, 6.07) is 17.0. The third kappa shape index (κ3) is 4.61. The van der Waals surface area contributed by atoms with Crippen LogP contribution in [0.1, 0.15) is 11.4 Å². The third-order valence-electron chi connectivity index (χ3n) is 4.00. The number of para-hydroxylation sites is 1. The predicted molar refractivity (Wildman–Crippen MR) is 96.2 cm³/mol. The molecule has 0 bridgehead atoms. The van der Waals surface area contributed by atoms with Crippen LogP contribution in [0.4, 0.5) is 0 Å². The van der Waals surface area contributed by atoms with Gasteiger partial charge in [0, 0.05) is 5.69 Å². The zero-order valence-electron chi connectivity index (χ0n) is 14.4. The first-order valence-corrected chi connectivity index (χ1v) is 8.24. The molecule has 3 aromatic rings. The molecule has 0 fully saturated rings. The number of ether oxygens (including phenoxy) is 2. The Morgan fingerprint density at radius 2 is 1.60 bits per heavy atom. The number of rotatable bonds is 7. The van der Waals surface area contributed by atoms with E-state index < -0.39 is 6.10 Å². The van der Waals surface area contributed by atoms with Gasteiger partial charge in [-0.2, -0.15) is 0 Å². The maximum Gasteiger partial charge on any atom is 0.127 e. The van der Waals surface area contributed by atoms with E-state index in [9.17, 15) is 5.11 Å². The molecule has 0 saturated heterocycles. The number of hydrogen-bond donors (Lipinski definition) is 1. The van der Waals surface area contributed by atoms with Crippen molar-refractivity contribution in [3.05, 3.63) is 72.3 Å². The van der Waals surface area contributed by atoms with Crippen LogP contribution in [0.5, 0.6) is 17.2 Å². The molecular weight excluding hydrogens is 316 g/mol. The van der Waals surface area contributed by atoms with Crippen LogP contribution in [0.2, 0.25) is 0 Å².